The van der Waals surface area contributed by atoms with Crippen LogP contribution in [0.15, 0.2) is 69.0 Å². The predicted molar refractivity (Wildman–Crippen MR) is 117 cm³/mol. The number of aryl methyl sites for hydroxylation is 1. The van der Waals surface area contributed by atoms with Gasteiger partial charge in [-0.15, -0.1) is 0 Å². The first-order chi connectivity index (χ1) is 15.4. The molecule has 0 atom stereocenters. The van der Waals surface area contributed by atoms with Crippen molar-refractivity contribution in [2.45, 2.75) is 30.6 Å². The lowest BCUT2D eigenvalue weighted by molar-refractivity contribution is -0.116. The Hall–Kier alpha value is -3.53. The summed E-state index contributed by atoms with van der Waals surface area (Å²) in [5.74, 6) is 0.653. The molecule has 0 saturated heterocycles. The number of hydrogen-bond acceptors (Lipinski definition) is 6. The molecule has 1 amide bonds. The number of aliphatic imine (C=N–C) groups is 1. The number of nitrogens with zero attached hydrogens (tertiary/aromatic N) is 2. The minimum absolute atomic E-state index is 0.0431. The van der Waals surface area contributed by atoms with Crippen LogP contribution in [-0.2, 0) is 21.2 Å². The minimum atomic E-state index is -3.76. The van der Waals surface area contributed by atoms with Gasteiger partial charge in [0.25, 0.3) is 10.0 Å². The lowest BCUT2D eigenvalue weighted by Gasteiger charge is -2.10. The second-order valence-electron chi connectivity index (χ2n) is 7.24. The quantitative estimate of drug-likeness (QED) is 0.565. The molecule has 2 heterocycles. The molecule has 1 aromatic heterocycles. The van der Waals surface area contributed by atoms with Crippen molar-refractivity contribution in [2.75, 3.05) is 11.9 Å². The first-order valence-electron chi connectivity index (χ1n) is 10.1. The minimum Gasteiger partial charge on any atom is -0.441 e. The van der Waals surface area contributed by atoms with E-state index in [-0.39, 0.29) is 29.5 Å². The third kappa shape index (κ3) is 5.38. The Kier molecular flexibility index (Phi) is 6.31. The number of amidine groups is 1. The van der Waals surface area contributed by atoms with Crippen LogP contribution >= 0.6 is 0 Å². The molecule has 1 aliphatic rings. The summed E-state index contributed by atoms with van der Waals surface area (Å²) in [6.45, 7) is 0.615. The van der Waals surface area contributed by atoms with Gasteiger partial charge in [0, 0.05) is 37.1 Å². The molecule has 3 aromatic rings. The molecule has 2 N–H and O–H groups in total. The smallest absolute Gasteiger partial charge is 0.262 e. The van der Waals surface area contributed by atoms with E-state index in [0.29, 0.717) is 41.7 Å². The Morgan fingerprint density at radius 1 is 1.16 bits per heavy atom. The number of oxazole rings is 1. The van der Waals surface area contributed by atoms with Crippen LogP contribution in [-0.4, -0.2) is 31.7 Å². The second kappa shape index (κ2) is 9.31. The van der Waals surface area contributed by atoms with Gasteiger partial charge in [-0.25, -0.2) is 17.8 Å². The maximum atomic E-state index is 13.0. The summed E-state index contributed by atoms with van der Waals surface area (Å²) in [5.41, 5.74) is 1.05. The number of amides is 1. The highest BCUT2D eigenvalue weighted by Crippen LogP contribution is 2.21. The fraction of sp³-hybridized carbons (Fsp3) is 0.227. The van der Waals surface area contributed by atoms with Crippen molar-refractivity contribution in [3.8, 4) is 11.3 Å². The fourth-order valence-electron chi connectivity index (χ4n) is 3.20. The Morgan fingerprint density at radius 2 is 1.97 bits per heavy atom. The van der Waals surface area contributed by atoms with E-state index >= 15 is 0 Å². The van der Waals surface area contributed by atoms with Crippen LogP contribution in [0.1, 0.15) is 25.2 Å². The summed E-state index contributed by atoms with van der Waals surface area (Å²) in [7, 11) is -3.76. The zero-order chi connectivity index (χ0) is 22.6. The standard InChI is InChI=1S/C22H21FN4O4S/c23-16-8-6-15(7-9-16)19-14-25-22(31-19)11-10-21(28)26-17-3-1-4-18(13-17)32(29,30)27-20-5-2-12-24-20/h1,3-4,6-9,13-14H,2,5,10-12H2,(H,24,27)(H,26,28). The van der Waals surface area contributed by atoms with Crippen LogP contribution in [0.2, 0.25) is 0 Å². The van der Waals surface area contributed by atoms with Gasteiger partial charge < -0.3 is 9.73 Å². The van der Waals surface area contributed by atoms with Crippen LogP contribution in [0.5, 0.6) is 0 Å². The molecule has 0 spiro atoms. The third-order valence-electron chi connectivity index (χ3n) is 4.80. The SMILES string of the molecule is O=C(CCc1ncc(-c2ccc(F)cc2)o1)Nc1cccc(S(=O)(=O)NC2=NCCC2)c1. The molecule has 0 unspecified atom stereocenters. The molecule has 2 aromatic carbocycles. The number of halogens is 1. The van der Waals surface area contributed by atoms with Crippen molar-refractivity contribution in [3.05, 3.63) is 66.4 Å². The summed E-state index contributed by atoms with van der Waals surface area (Å²) in [4.78, 5) is 20.6. The Labute approximate surface area is 184 Å². The summed E-state index contributed by atoms with van der Waals surface area (Å²) in [6.07, 6.45) is 3.29. The van der Waals surface area contributed by atoms with Gasteiger partial charge in [-0.05, 0) is 48.9 Å². The normalized spacial score (nSPS) is 13.6. The van der Waals surface area contributed by atoms with Crippen molar-refractivity contribution < 1.29 is 22.0 Å². The summed E-state index contributed by atoms with van der Waals surface area (Å²) < 4.78 is 46.2. The topological polar surface area (TPSA) is 114 Å². The first kappa shape index (κ1) is 21.7. The number of nitrogens with one attached hydrogen (secondary N) is 2. The molecule has 10 heteroatoms. The van der Waals surface area contributed by atoms with E-state index in [1.807, 2.05) is 0 Å². The molecular weight excluding hydrogens is 435 g/mol. The number of hydrogen-bond donors (Lipinski definition) is 2. The molecule has 32 heavy (non-hydrogen) atoms. The van der Waals surface area contributed by atoms with E-state index in [1.165, 1.54) is 30.5 Å². The molecule has 1 aliphatic heterocycles. The molecule has 4 rings (SSSR count). The zero-order valence-electron chi connectivity index (χ0n) is 17.0. The Bertz CT molecular complexity index is 1250. The van der Waals surface area contributed by atoms with Gasteiger partial charge in [0.1, 0.15) is 11.7 Å². The molecular formula is C22H21FN4O4S. The number of carbonyl (C=O) groups is 1. The maximum absolute atomic E-state index is 13.0. The number of anilines is 1. The van der Waals surface area contributed by atoms with E-state index in [4.69, 9.17) is 4.42 Å². The monoisotopic (exact) mass is 456 g/mol. The second-order valence-corrected chi connectivity index (χ2v) is 8.92. The summed E-state index contributed by atoms with van der Waals surface area (Å²) in [6, 6.07) is 11.9. The highest BCUT2D eigenvalue weighted by molar-refractivity contribution is 7.90. The molecule has 0 saturated carbocycles. The van der Waals surface area contributed by atoms with Crippen molar-refractivity contribution in [3.63, 3.8) is 0 Å². The Morgan fingerprint density at radius 3 is 2.72 bits per heavy atom. The van der Waals surface area contributed by atoms with Gasteiger partial charge in [-0.2, -0.15) is 0 Å². The van der Waals surface area contributed by atoms with Gasteiger partial charge in [0.05, 0.1) is 11.1 Å². The Balaban J connectivity index is 1.34. The van der Waals surface area contributed by atoms with Gasteiger partial charge in [0.2, 0.25) is 5.91 Å². The molecule has 0 radical (unpaired) electrons. The predicted octanol–water partition coefficient (Wildman–Crippen LogP) is 3.52. The van der Waals surface area contributed by atoms with E-state index < -0.39 is 10.0 Å². The van der Waals surface area contributed by atoms with Crippen molar-refractivity contribution >= 4 is 27.5 Å². The van der Waals surface area contributed by atoms with Gasteiger partial charge in [-0.1, -0.05) is 6.07 Å². The summed E-state index contributed by atoms with van der Waals surface area (Å²) in [5, 5.41) is 2.69. The maximum Gasteiger partial charge on any atom is 0.262 e. The number of carbonyl (C=O) groups excluding carboxylic acids is 1. The van der Waals surface area contributed by atoms with E-state index in [2.05, 4.69) is 20.0 Å². The average Bonchev–Trinajstić information content (AvgIpc) is 3.45. The fourth-order valence-corrected chi connectivity index (χ4v) is 4.33. The van der Waals surface area contributed by atoms with Crippen molar-refractivity contribution in [1.82, 2.24) is 9.71 Å². The highest BCUT2D eigenvalue weighted by Gasteiger charge is 2.19. The van der Waals surface area contributed by atoms with Gasteiger partial charge >= 0.3 is 0 Å². The third-order valence-corrected chi connectivity index (χ3v) is 6.18. The average molecular weight is 456 g/mol. The molecule has 8 nitrogen and oxygen atoms in total. The van der Waals surface area contributed by atoms with Crippen LogP contribution in [0.3, 0.4) is 0 Å². The number of rotatable bonds is 7. The van der Waals surface area contributed by atoms with Crippen molar-refractivity contribution in [1.29, 1.82) is 0 Å². The lowest BCUT2D eigenvalue weighted by Crippen LogP contribution is -2.29. The van der Waals surface area contributed by atoms with Crippen LogP contribution in [0, 0.1) is 5.82 Å². The molecule has 0 fully saturated rings. The molecule has 166 valence electrons. The van der Waals surface area contributed by atoms with Gasteiger partial charge in [-0.3, -0.25) is 14.5 Å². The van der Waals surface area contributed by atoms with Crippen molar-refractivity contribution in [2.24, 2.45) is 4.99 Å². The van der Waals surface area contributed by atoms with Crippen LogP contribution in [0.25, 0.3) is 11.3 Å². The number of aromatic nitrogens is 1. The number of sulfonamides is 1. The zero-order valence-corrected chi connectivity index (χ0v) is 17.9. The highest BCUT2D eigenvalue weighted by atomic mass is 32.2. The molecule has 0 aliphatic carbocycles. The van der Waals surface area contributed by atoms with E-state index in [1.54, 1.807) is 24.3 Å². The van der Waals surface area contributed by atoms with E-state index in [9.17, 15) is 17.6 Å². The first-order valence-corrected chi connectivity index (χ1v) is 11.5. The van der Waals surface area contributed by atoms with Gasteiger partial charge in [0.15, 0.2) is 11.7 Å². The van der Waals surface area contributed by atoms with Crippen LogP contribution in [0.4, 0.5) is 10.1 Å². The van der Waals surface area contributed by atoms with E-state index in [0.717, 1.165) is 6.42 Å². The molecule has 0 bridgehead atoms. The largest absolute Gasteiger partial charge is 0.441 e. The lowest BCUT2D eigenvalue weighted by atomic mass is 10.2. The summed E-state index contributed by atoms with van der Waals surface area (Å²) >= 11 is 0. The van der Waals surface area contributed by atoms with Crippen LogP contribution < -0.4 is 10.0 Å². The number of benzene rings is 2.